The molecule has 12 aromatic rings. The number of ketones is 3. The number of hydrogen-bond acceptors (Lipinski definition) is 10. The minimum atomic E-state index is -0.125. The van der Waals surface area contributed by atoms with E-state index in [2.05, 4.69) is 186 Å². The smallest absolute Gasteiger partial charge is 0.155 e. The Kier molecular flexibility index (Phi) is 34.9. The van der Waals surface area contributed by atoms with Gasteiger partial charge in [-0.1, -0.05) is 180 Å². The van der Waals surface area contributed by atoms with Crippen molar-refractivity contribution in [2.45, 2.75) is 88.5 Å². The number of aryl methyl sites for hydroxylation is 4. The van der Waals surface area contributed by atoms with Gasteiger partial charge in [-0.2, -0.15) is 0 Å². The molecule has 510 valence electrons. The van der Waals surface area contributed by atoms with Crippen LogP contribution in [0.2, 0.25) is 0 Å². The van der Waals surface area contributed by atoms with Crippen LogP contribution in [0.25, 0.3) is 88.9 Å². The van der Waals surface area contributed by atoms with E-state index in [-0.39, 0.29) is 120 Å². The second kappa shape index (κ2) is 40.9. The average Bonchev–Trinajstić information content (AvgIpc) is 1.58. The molecule has 0 saturated heterocycles. The molecular formula is C84H78Ir4N4O6-4. The van der Waals surface area contributed by atoms with E-state index in [1.54, 1.807) is 6.20 Å². The van der Waals surface area contributed by atoms with Crippen molar-refractivity contribution in [1.29, 1.82) is 0 Å². The van der Waals surface area contributed by atoms with E-state index in [1.165, 1.54) is 115 Å². The third-order valence-corrected chi connectivity index (χ3v) is 14.4. The van der Waals surface area contributed by atoms with Crippen molar-refractivity contribution in [3.05, 3.63) is 312 Å². The largest absolute Gasteiger partial charge is 0.512 e. The molecule has 14 heteroatoms. The molecule has 1 aliphatic carbocycles. The Morgan fingerprint density at radius 2 is 0.878 bits per heavy atom. The van der Waals surface area contributed by atoms with Gasteiger partial charge < -0.3 is 20.3 Å². The number of para-hydroxylation sites is 3. The van der Waals surface area contributed by atoms with Crippen molar-refractivity contribution in [3.8, 4) is 56.2 Å². The van der Waals surface area contributed by atoms with Crippen molar-refractivity contribution in [2.24, 2.45) is 0 Å². The number of carbonyl (C=O) groups excluding carboxylic acids is 3. The number of carbonyl (C=O) groups is 3. The van der Waals surface area contributed by atoms with Gasteiger partial charge in [0.2, 0.25) is 0 Å². The van der Waals surface area contributed by atoms with Crippen LogP contribution in [-0.2, 0) is 100 Å². The molecule has 4 radical (unpaired) electrons. The monoisotopic (exact) mass is 2010 g/mol. The van der Waals surface area contributed by atoms with E-state index in [1.807, 2.05) is 97.1 Å². The zero-order valence-electron chi connectivity index (χ0n) is 56.7. The predicted octanol–water partition coefficient (Wildman–Crippen LogP) is 20.3. The van der Waals surface area contributed by atoms with E-state index < -0.39 is 0 Å². The number of hydrogen-bond donors (Lipinski definition) is 3. The first kappa shape index (κ1) is 83.6. The number of nitrogens with zero attached hydrogens (tertiary/aromatic N) is 4. The number of fused-ring (bicyclic) bond motifs is 6. The first-order chi connectivity index (χ1) is 44.9. The molecule has 13 rings (SSSR count). The fourth-order valence-electron chi connectivity index (χ4n) is 10.4. The number of aliphatic hydroxyl groups excluding tert-OH is 3. The molecule has 8 aromatic carbocycles. The van der Waals surface area contributed by atoms with Crippen molar-refractivity contribution >= 4 is 50.1 Å². The fourth-order valence-corrected chi connectivity index (χ4v) is 10.4. The van der Waals surface area contributed by atoms with Gasteiger partial charge in [0.15, 0.2) is 17.3 Å². The van der Waals surface area contributed by atoms with Crippen molar-refractivity contribution in [3.63, 3.8) is 0 Å². The maximum Gasteiger partial charge on any atom is 0.155 e. The van der Waals surface area contributed by atoms with Crippen LogP contribution < -0.4 is 0 Å². The molecule has 0 aliphatic heterocycles. The molecule has 3 N–H and O–H groups in total. The molecule has 4 heterocycles. The summed E-state index contributed by atoms with van der Waals surface area (Å²) in [6, 6.07) is 85.7. The minimum absolute atomic E-state index is 0. The standard InChI is InChI=1S/C24H18N.2C17H14N.C11H8N.3C5H8O2.4Ir/c1-24(2)20-9-5-4-8-18(20)19-13-11-17(15-21(19)24)23-14-12-16-7-3-6-10-22(16)25-23;1-12-7-9-15(13(2)11-12)17-10-8-14-5-3-4-6-16(14)18-17;1-12-9-13(2)11-15(10-12)17-8-7-14-5-3-4-6-16(14)18-17;1-2-6-10(7-3-1)11-8-4-5-9-12-11;3*1-4(6)3-5(2)7;;;;/h3-10,12-15H,1-2H3;3-8,10-11H,1-2H3;3-10H,1-2H3;1-6,8-9H;3*3,6H,1-2H3;;;;/q4*-1;;;;;;;. The van der Waals surface area contributed by atoms with Crippen molar-refractivity contribution in [2.75, 3.05) is 0 Å². The molecule has 0 atom stereocenters. The Bertz CT molecular complexity index is 4570. The number of rotatable bonds is 7. The Balaban J connectivity index is 0.000000312. The summed E-state index contributed by atoms with van der Waals surface area (Å²) in [4.78, 5) is 48.5. The second-order valence-corrected chi connectivity index (χ2v) is 23.2. The quantitative estimate of drug-likeness (QED) is 0.0795. The first-order valence-electron chi connectivity index (χ1n) is 30.7. The third-order valence-electron chi connectivity index (χ3n) is 14.4. The number of aliphatic hydroxyl groups is 3. The zero-order chi connectivity index (χ0) is 67.9. The van der Waals surface area contributed by atoms with Gasteiger partial charge in [0.05, 0.1) is 33.8 Å². The molecule has 0 unspecified atom stereocenters. The van der Waals surface area contributed by atoms with Crippen LogP contribution in [0.15, 0.2) is 254 Å². The summed E-state index contributed by atoms with van der Waals surface area (Å²) in [6.45, 7) is 21.5. The minimum Gasteiger partial charge on any atom is -0.512 e. The molecular weight excluding hydrogens is 1930 g/mol. The molecule has 0 saturated carbocycles. The van der Waals surface area contributed by atoms with Gasteiger partial charge in [-0.05, 0) is 116 Å². The molecule has 0 amide bonds. The van der Waals surface area contributed by atoms with E-state index in [0.717, 1.165) is 67.1 Å². The fraction of sp³-hybridized carbons (Fsp3) is 0.155. The molecule has 1 aliphatic rings. The normalized spacial score (nSPS) is 11.2. The number of pyridine rings is 4. The van der Waals surface area contributed by atoms with Crippen LogP contribution in [-0.4, -0.2) is 52.6 Å². The van der Waals surface area contributed by atoms with Crippen LogP contribution in [0.5, 0.6) is 0 Å². The van der Waals surface area contributed by atoms with Gasteiger partial charge in [-0.25, -0.2) is 0 Å². The maximum atomic E-state index is 10.0. The average molecular weight is 2010 g/mol. The van der Waals surface area contributed by atoms with Gasteiger partial charge in [0.25, 0.3) is 0 Å². The maximum absolute atomic E-state index is 10.0. The van der Waals surface area contributed by atoms with Crippen LogP contribution in [0.3, 0.4) is 0 Å². The first-order valence-corrected chi connectivity index (χ1v) is 30.7. The van der Waals surface area contributed by atoms with Crippen LogP contribution in [0.4, 0.5) is 0 Å². The van der Waals surface area contributed by atoms with E-state index in [4.69, 9.17) is 30.3 Å². The summed E-state index contributed by atoms with van der Waals surface area (Å²) in [5.41, 5.74) is 21.5. The van der Waals surface area contributed by atoms with E-state index in [9.17, 15) is 14.4 Å². The number of benzene rings is 8. The van der Waals surface area contributed by atoms with Crippen molar-refractivity contribution in [1.82, 2.24) is 19.9 Å². The molecule has 0 bridgehead atoms. The van der Waals surface area contributed by atoms with Crippen LogP contribution in [0.1, 0.15) is 88.8 Å². The van der Waals surface area contributed by atoms with Gasteiger partial charge >= 0.3 is 0 Å². The Morgan fingerprint density at radius 1 is 0.408 bits per heavy atom. The van der Waals surface area contributed by atoms with Crippen molar-refractivity contribution < 1.29 is 110 Å². The van der Waals surface area contributed by atoms with Gasteiger partial charge in [0.1, 0.15) is 0 Å². The summed E-state index contributed by atoms with van der Waals surface area (Å²) in [5, 5.41) is 28.6. The summed E-state index contributed by atoms with van der Waals surface area (Å²) < 4.78 is 0. The summed E-state index contributed by atoms with van der Waals surface area (Å²) in [5.74, 6) is -0.187. The number of aromatic nitrogens is 4. The number of allylic oxidation sites excluding steroid dienone is 6. The Hall–Kier alpha value is -8.63. The Morgan fingerprint density at radius 3 is 1.34 bits per heavy atom. The molecule has 0 fully saturated rings. The topological polar surface area (TPSA) is 163 Å². The van der Waals surface area contributed by atoms with E-state index in [0.29, 0.717) is 0 Å². The summed E-state index contributed by atoms with van der Waals surface area (Å²) in [6.07, 6.45) is 5.29. The summed E-state index contributed by atoms with van der Waals surface area (Å²) >= 11 is 0. The Labute approximate surface area is 631 Å². The van der Waals surface area contributed by atoms with Crippen LogP contribution in [0, 0.1) is 52.0 Å². The SMILES string of the molecule is CC(=O)C=C(C)O.CC(=O)C=C(C)O.CC(=O)C=C(C)O.CC1(C)c2ccccc2-c2c[c-]c(-c3ccc4ccccc4n3)cc21.Cc1[c-]c(-c2ccc3ccccc3n2)cc(C)c1.Cc1c[c-]c(-c2ccc3ccccc3n2)c(C)c1.[Ir].[Ir].[Ir].[Ir].[c-]1ccccc1-c1ccccn1. The van der Waals surface area contributed by atoms with Gasteiger partial charge in [0, 0.05) is 105 Å². The second-order valence-electron chi connectivity index (χ2n) is 23.2. The molecule has 4 aromatic heterocycles. The van der Waals surface area contributed by atoms with Gasteiger partial charge in [-0.3, -0.25) is 29.3 Å². The summed E-state index contributed by atoms with van der Waals surface area (Å²) in [7, 11) is 0. The zero-order valence-corrected chi connectivity index (χ0v) is 66.3. The molecule has 10 nitrogen and oxygen atoms in total. The van der Waals surface area contributed by atoms with E-state index >= 15 is 0 Å². The third kappa shape index (κ3) is 25.3. The predicted molar refractivity (Wildman–Crippen MR) is 384 cm³/mol. The molecule has 0 spiro atoms. The molecule has 98 heavy (non-hydrogen) atoms. The van der Waals surface area contributed by atoms with Crippen LogP contribution >= 0.6 is 0 Å². The van der Waals surface area contributed by atoms with Gasteiger partial charge in [-0.15, -0.1) is 135 Å².